The maximum absolute atomic E-state index is 11.2. The van der Waals surface area contributed by atoms with Gasteiger partial charge in [0.1, 0.15) is 5.69 Å². The highest BCUT2D eigenvalue weighted by molar-refractivity contribution is 5.68. The van der Waals surface area contributed by atoms with Gasteiger partial charge in [-0.2, -0.15) is 0 Å². The number of anilines is 1. The van der Waals surface area contributed by atoms with Gasteiger partial charge in [0, 0.05) is 19.8 Å². The molecule has 0 aliphatic carbocycles. The fourth-order valence-corrected chi connectivity index (χ4v) is 1.87. The number of benzene rings is 1. The van der Waals surface area contributed by atoms with E-state index in [9.17, 15) is 10.1 Å². The Hall–Kier alpha value is -1.82. The molecule has 0 aliphatic heterocycles. The Kier molecular flexibility index (Phi) is 8.19. The van der Waals surface area contributed by atoms with E-state index in [4.69, 9.17) is 9.47 Å². The van der Waals surface area contributed by atoms with Gasteiger partial charge in [-0.1, -0.05) is 19.4 Å². The minimum atomic E-state index is -0.412. The third-order valence-electron chi connectivity index (χ3n) is 2.90. The number of ether oxygens (including phenoxy) is 2. The van der Waals surface area contributed by atoms with E-state index in [1.54, 1.807) is 25.1 Å². The van der Waals surface area contributed by atoms with Crippen molar-refractivity contribution in [2.75, 3.05) is 31.7 Å². The summed E-state index contributed by atoms with van der Waals surface area (Å²) in [5.74, 6) is 0.298. The van der Waals surface area contributed by atoms with Gasteiger partial charge in [0.25, 0.3) is 0 Å². The molecule has 21 heavy (non-hydrogen) atoms. The summed E-state index contributed by atoms with van der Waals surface area (Å²) in [6, 6.07) is 5.05. The second-order valence-corrected chi connectivity index (χ2v) is 4.59. The molecule has 1 N–H and O–H groups in total. The van der Waals surface area contributed by atoms with E-state index >= 15 is 0 Å². The number of hydrogen-bond acceptors (Lipinski definition) is 5. The highest BCUT2D eigenvalue weighted by Crippen LogP contribution is 2.34. The zero-order chi connectivity index (χ0) is 15.5. The lowest BCUT2D eigenvalue weighted by atomic mass is 10.2. The van der Waals surface area contributed by atoms with Gasteiger partial charge in [-0.05, 0) is 31.9 Å². The zero-order valence-electron chi connectivity index (χ0n) is 12.8. The van der Waals surface area contributed by atoms with Crippen LogP contribution in [0.15, 0.2) is 18.2 Å². The summed E-state index contributed by atoms with van der Waals surface area (Å²) in [7, 11) is 0. The van der Waals surface area contributed by atoms with Gasteiger partial charge in [0.05, 0.1) is 11.5 Å². The predicted octanol–water partition coefficient (Wildman–Crippen LogP) is 3.61. The van der Waals surface area contributed by atoms with E-state index in [1.807, 2.05) is 0 Å². The van der Waals surface area contributed by atoms with Crippen molar-refractivity contribution in [3.05, 3.63) is 28.3 Å². The first-order chi connectivity index (χ1) is 10.2. The molecule has 0 bridgehead atoms. The Labute approximate surface area is 125 Å². The van der Waals surface area contributed by atoms with E-state index < -0.39 is 4.92 Å². The molecule has 0 atom stereocenters. The topological polar surface area (TPSA) is 73.6 Å². The Balaban J connectivity index is 2.50. The van der Waals surface area contributed by atoms with Crippen molar-refractivity contribution >= 4 is 11.4 Å². The summed E-state index contributed by atoms with van der Waals surface area (Å²) in [5.41, 5.74) is 0.478. The van der Waals surface area contributed by atoms with Gasteiger partial charge in [0.2, 0.25) is 0 Å². The predicted molar refractivity (Wildman–Crippen MR) is 83.1 cm³/mol. The van der Waals surface area contributed by atoms with Crippen molar-refractivity contribution in [3.63, 3.8) is 0 Å². The van der Waals surface area contributed by atoms with Crippen LogP contribution in [0.5, 0.6) is 5.75 Å². The fraction of sp³-hybridized carbons (Fsp3) is 0.600. The fourth-order valence-electron chi connectivity index (χ4n) is 1.87. The van der Waals surface area contributed by atoms with Crippen LogP contribution in [0.3, 0.4) is 0 Å². The van der Waals surface area contributed by atoms with Crippen LogP contribution in [0.2, 0.25) is 0 Å². The van der Waals surface area contributed by atoms with Gasteiger partial charge in [0.15, 0.2) is 5.75 Å². The molecule has 0 unspecified atom stereocenters. The van der Waals surface area contributed by atoms with Crippen LogP contribution < -0.4 is 10.1 Å². The van der Waals surface area contributed by atoms with Gasteiger partial charge >= 0.3 is 5.69 Å². The number of nitro groups is 1. The largest absolute Gasteiger partial charge is 0.487 e. The van der Waals surface area contributed by atoms with Crippen molar-refractivity contribution in [1.82, 2.24) is 0 Å². The smallest absolute Gasteiger partial charge is 0.333 e. The van der Waals surface area contributed by atoms with Crippen LogP contribution in [0, 0.1) is 10.1 Å². The summed E-state index contributed by atoms with van der Waals surface area (Å²) in [5, 5.41) is 14.3. The second kappa shape index (κ2) is 9.99. The van der Waals surface area contributed by atoms with Gasteiger partial charge < -0.3 is 14.8 Å². The Morgan fingerprint density at radius 3 is 2.67 bits per heavy atom. The number of nitro benzene ring substituents is 1. The molecule has 1 aromatic carbocycles. The van der Waals surface area contributed by atoms with Crippen molar-refractivity contribution < 1.29 is 14.4 Å². The lowest BCUT2D eigenvalue weighted by Crippen LogP contribution is -2.08. The van der Waals surface area contributed by atoms with Crippen molar-refractivity contribution in [1.29, 1.82) is 0 Å². The minimum absolute atomic E-state index is 0.00810. The molecule has 0 radical (unpaired) electrons. The standard InChI is InChI=1S/C15H24N2O4/c1-3-5-11-20-12-7-10-16-13-8-6-9-14(21-4-2)15(13)17(18)19/h6,8-9,16H,3-5,7,10-12H2,1-2H3. The van der Waals surface area contributed by atoms with Crippen molar-refractivity contribution in [3.8, 4) is 5.75 Å². The number of para-hydroxylation sites is 1. The minimum Gasteiger partial charge on any atom is -0.487 e. The number of nitrogens with one attached hydrogen (secondary N) is 1. The summed E-state index contributed by atoms with van der Waals surface area (Å²) in [4.78, 5) is 10.8. The molecular weight excluding hydrogens is 272 g/mol. The summed E-state index contributed by atoms with van der Waals surface area (Å²) >= 11 is 0. The molecular formula is C15H24N2O4. The average Bonchev–Trinajstić information content (AvgIpc) is 2.46. The average molecular weight is 296 g/mol. The molecule has 0 saturated carbocycles. The molecule has 0 amide bonds. The van der Waals surface area contributed by atoms with Crippen LogP contribution in [0.1, 0.15) is 33.1 Å². The molecule has 0 aromatic heterocycles. The molecule has 0 saturated heterocycles. The second-order valence-electron chi connectivity index (χ2n) is 4.59. The first-order valence-electron chi connectivity index (χ1n) is 7.42. The normalized spacial score (nSPS) is 10.4. The molecule has 1 rings (SSSR count). The van der Waals surface area contributed by atoms with Gasteiger partial charge in [-0.15, -0.1) is 0 Å². The molecule has 0 aliphatic rings. The molecule has 6 heteroatoms. The van der Waals surface area contributed by atoms with Crippen LogP contribution >= 0.6 is 0 Å². The Morgan fingerprint density at radius 1 is 1.24 bits per heavy atom. The van der Waals surface area contributed by atoms with E-state index in [1.165, 1.54) is 0 Å². The number of unbranched alkanes of at least 4 members (excludes halogenated alkanes) is 1. The Bertz CT molecular complexity index is 438. The van der Waals surface area contributed by atoms with Crippen molar-refractivity contribution in [2.45, 2.75) is 33.1 Å². The van der Waals surface area contributed by atoms with Gasteiger partial charge in [-0.3, -0.25) is 10.1 Å². The summed E-state index contributed by atoms with van der Waals surface area (Å²) < 4.78 is 10.8. The third-order valence-corrected chi connectivity index (χ3v) is 2.90. The van der Waals surface area contributed by atoms with E-state index in [0.717, 1.165) is 25.9 Å². The summed E-state index contributed by atoms with van der Waals surface area (Å²) in [6.45, 7) is 6.38. The molecule has 118 valence electrons. The Morgan fingerprint density at radius 2 is 2.00 bits per heavy atom. The van der Waals surface area contributed by atoms with Crippen LogP contribution in [0.25, 0.3) is 0 Å². The van der Waals surface area contributed by atoms with Crippen molar-refractivity contribution in [2.24, 2.45) is 0 Å². The van der Waals surface area contributed by atoms with E-state index in [-0.39, 0.29) is 5.69 Å². The highest BCUT2D eigenvalue weighted by Gasteiger charge is 2.20. The van der Waals surface area contributed by atoms with Crippen LogP contribution in [0.4, 0.5) is 11.4 Å². The number of hydrogen-bond donors (Lipinski definition) is 1. The first-order valence-corrected chi connectivity index (χ1v) is 7.42. The lowest BCUT2D eigenvalue weighted by Gasteiger charge is -2.10. The van der Waals surface area contributed by atoms with Crippen LogP contribution in [-0.2, 0) is 4.74 Å². The summed E-state index contributed by atoms with van der Waals surface area (Å²) in [6.07, 6.45) is 2.99. The maximum atomic E-state index is 11.2. The van der Waals surface area contributed by atoms with E-state index in [2.05, 4.69) is 12.2 Å². The quantitative estimate of drug-likeness (QED) is 0.383. The van der Waals surface area contributed by atoms with Crippen LogP contribution in [-0.4, -0.2) is 31.3 Å². The lowest BCUT2D eigenvalue weighted by molar-refractivity contribution is -0.384. The SMILES string of the molecule is CCCCOCCCNc1cccc(OCC)c1[N+](=O)[O-]. The third kappa shape index (κ3) is 5.99. The molecule has 6 nitrogen and oxygen atoms in total. The molecule has 0 fully saturated rings. The maximum Gasteiger partial charge on any atom is 0.333 e. The number of rotatable bonds is 11. The van der Waals surface area contributed by atoms with E-state index in [0.29, 0.717) is 31.2 Å². The highest BCUT2D eigenvalue weighted by atomic mass is 16.6. The molecule has 0 heterocycles. The molecule has 0 spiro atoms. The zero-order valence-corrected chi connectivity index (χ0v) is 12.8. The molecule has 1 aromatic rings. The van der Waals surface area contributed by atoms with Gasteiger partial charge in [-0.25, -0.2) is 0 Å². The first kappa shape index (κ1) is 17.2. The monoisotopic (exact) mass is 296 g/mol. The number of nitrogens with zero attached hydrogens (tertiary/aromatic N) is 1.